The van der Waals surface area contributed by atoms with Crippen molar-refractivity contribution in [1.29, 1.82) is 0 Å². The molecule has 0 saturated carbocycles. The van der Waals surface area contributed by atoms with Crippen LogP contribution in [-0.2, 0) is 0 Å². The molecule has 0 aliphatic heterocycles. The number of ether oxygens (including phenoxy) is 2. The van der Waals surface area contributed by atoms with Gasteiger partial charge in [0.2, 0.25) is 0 Å². The van der Waals surface area contributed by atoms with Gasteiger partial charge in [-0.1, -0.05) is 18.2 Å². The quantitative estimate of drug-likeness (QED) is 0.494. The molecule has 0 spiro atoms. The standard InChI is InChI=1S/C23H21N3O3/c1-3-29-17-8-6-7-16(13-17)23(27)26-20-14-15(11-12-21(20)28-2)22-24-18-9-4-5-10-19(18)25-22/h4-14H,3H2,1-2H3,(H,24,25)(H,26,27). The van der Waals surface area contributed by atoms with E-state index in [2.05, 4.69) is 15.3 Å². The number of para-hydroxylation sites is 2. The van der Waals surface area contributed by atoms with E-state index in [4.69, 9.17) is 9.47 Å². The van der Waals surface area contributed by atoms with E-state index < -0.39 is 0 Å². The molecule has 3 aromatic carbocycles. The number of nitrogens with zero attached hydrogens (tertiary/aromatic N) is 1. The third-order valence-electron chi connectivity index (χ3n) is 4.52. The third-order valence-corrected chi connectivity index (χ3v) is 4.52. The van der Waals surface area contributed by atoms with E-state index in [0.29, 0.717) is 29.4 Å². The Balaban J connectivity index is 1.65. The maximum absolute atomic E-state index is 12.8. The summed E-state index contributed by atoms with van der Waals surface area (Å²) in [6.45, 7) is 2.44. The summed E-state index contributed by atoms with van der Waals surface area (Å²) < 4.78 is 10.9. The average molecular weight is 387 g/mol. The van der Waals surface area contributed by atoms with E-state index in [0.717, 1.165) is 22.4 Å². The van der Waals surface area contributed by atoms with E-state index in [1.165, 1.54) is 0 Å². The van der Waals surface area contributed by atoms with Crippen molar-refractivity contribution in [2.24, 2.45) is 0 Å². The predicted octanol–water partition coefficient (Wildman–Crippen LogP) is 4.89. The van der Waals surface area contributed by atoms with Crippen LogP contribution in [-0.4, -0.2) is 29.6 Å². The van der Waals surface area contributed by atoms with Crippen LogP contribution in [0.4, 0.5) is 5.69 Å². The lowest BCUT2D eigenvalue weighted by atomic mass is 10.1. The summed E-state index contributed by atoms with van der Waals surface area (Å²) in [5.41, 5.74) is 3.76. The van der Waals surface area contributed by atoms with Crippen molar-refractivity contribution in [3.05, 3.63) is 72.3 Å². The fraction of sp³-hybridized carbons (Fsp3) is 0.130. The lowest BCUT2D eigenvalue weighted by Gasteiger charge is -2.12. The smallest absolute Gasteiger partial charge is 0.255 e. The first-order valence-corrected chi connectivity index (χ1v) is 9.35. The van der Waals surface area contributed by atoms with Crippen LogP contribution >= 0.6 is 0 Å². The molecule has 0 aliphatic rings. The molecule has 1 heterocycles. The molecule has 2 N–H and O–H groups in total. The van der Waals surface area contributed by atoms with Crippen molar-refractivity contribution in [3.63, 3.8) is 0 Å². The molecule has 0 radical (unpaired) electrons. The van der Waals surface area contributed by atoms with Gasteiger partial charge in [-0.15, -0.1) is 0 Å². The van der Waals surface area contributed by atoms with Gasteiger partial charge in [0.1, 0.15) is 17.3 Å². The van der Waals surface area contributed by atoms with Crippen LogP contribution in [0.5, 0.6) is 11.5 Å². The summed E-state index contributed by atoms with van der Waals surface area (Å²) in [6.07, 6.45) is 0. The number of hydrogen-bond donors (Lipinski definition) is 2. The molecule has 1 aromatic heterocycles. The number of nitrogens with one attached hydrogen (secondary N) is 2. The van der Waals surface area contributed by atoms with Gasteiger partial charge in [0.05, 0.1) is 30.4 Å². The molecule has 4 rings (SSSR count). The average Bonchev–Trinajstić information content (AvgIpc) is 3.18. The van der Waals surface area contributed by atoms with E-state index in [-0.39, 0.29) is 5.91 Å². The fourth-order valence-corrected chi connectivity index (χ4v) is 3.13. The zero-order valence-corrected chi connectivity index (χ0v) is 16.2. The van der Waals surface area contributed by atoms with E-state index in [1.54, 1.807) is 25.3 Å². The highest BCUT2D eigenvalue weighted by Gasteiger charge is 2.13. The molecular formula is C23H21N3O3. The highest BCUT2D eigenvalue weighted by molar-refractivity contribution is 6.05. The molecule has 146 valence electrons. The Morgan fingerprint density at radius 3 is 2.72 bits per heavy atom. The minimum absolute atomic E-state index is 0.244. The van der Waals surface area contributed by atoms with Gasteiger partial charge in [-0.2, -0.15) is 0 Å². The Hall–Kier alpha value is -3.80. The molecule has 0 fully saturated rings. The Labute approximate surface area is 168 Å². The topological polar surface area (TPSA) is 76.2 Å². The number of benzene rings is 3. The number of rotatable bonds is 6. The number of aromatic amines is 1. The molecule has 6 nitrogen and oxygen atoms in total. The summed E-state index contributed by atoms with van der Waals surface area (Å²) in [6, 6.07) is 20.5. The first kappa shape index (κ1) is 18.6. The minimum atomic E-state index is -0.244. The highest BCUT2D eigenvalue weighted by Crippen LogP contribution is 2.31. The SMILES string of the molecule is CCOc1cccc(C(=O)Nc2cc(-c3nc4ccccc4[nH]3)ccc2OC)c1. The number of H-pyrrole nitrogens is 1. The van der Waals surface area contributed by atoms with Crippen molar-refractivity contribution in [2.45, 2.75) is 6.92 Å². The van der Waals surface area contributed by atoms with Crippen LogP contribution in [0.25, 0.3) is 22.4 Å². The number of imidazole rings is 1. The first-order valence-electron chi connectivity index (χ1n) is 9.35. The van der Waals surface area contributed by atoms with Crippen LogP contribution in [0.15, 0.2) is 66.7 Å². The summed E-state index contributed by atoms with van der Waals surface area (Å²) in [5, 5.41) is 2.93. The van der Waals surface area contributed by atoms with Crippen molar-refractivity contribution < 1.29 is 14.3 Å². The number of carbonyl (C=O) groups is 1. The maximum Gasteiger partial charge on any atom is 0.255 e. The molecule has 0 atom stereocenters. The number of amides is 1. The first-order chi connectivity index (χ1) is 14.2. The van der Waals surface area contributed by atoms with E-state index in [9.17, 15) is 4.79 Å². The second kappa shape index (κ2) is 8.06. The summed E-state index contributed by atoms with van der Waals surface area (Å²) in [7, 11) is 1.57. The van der Waals surface area contributed by atoms with Gasteiger partial charge in [-0.05, 0) is 55.5 Å². The van der Waals surface area contributed by atoms with Gasteiger partial charge in [0, 0.05) is 11.1 Å². The predicted molar refractivity (Wildman–Crippen MR) is 114 cm³/mol. The van der Waals surface area contributed by atoms with Crippen molar-refractivity contribution >= 4 is 22.6 Å². The zero-order chi connectivity index (χ0) is 20.2. The number of carbonyl (C=O) groups excluding carboxylic acids is 1. The number of aromatic nitrogens is 2. The Morgan fingerprint density at radius 2 is 1.93 bits per heavy atom. The summed E-state index contributed by atoms with van der Waals surface area (Å²) in [5.74, 6) is 1.71. The number of hydrogen-bond acceptors (Lipinski definition) is 4. The molecule has 0 aliphatic carbocycles. The molecule has 29 heavy (non-hydrogen) atoms. The fourth-order valence-electron chi connectivity index (χ4n) is 3.13. The number of fused-ring (bicyclic) bond motifs is 1. The van der Waals surface area contributed by atoms with Crippen LogP contribution < -0.4 is 14.8 Å². The summed E-state index contributed by atoms with van der Waals surface area (Å²) in [4.78, 5) is 20.7. The molecular weight excluding hydrogens is 366 g/mol. The van der Waals surface area contributed by atoms with Gasteiger partial charge >= 0.3 is 0 Å². The Bertz CT molecular complexity index is 1130. The number of methoxy groups -OCH3 is 1. The monoisotopic (exact) mass is 387 g/mol. The van der Waals surface area contributed by atoms with Crippen molar-refractivity contribution in [1.82, 2.24) is 9.97 Å². The van der Waals surface area contributed by atoms with Crippen LogP contribution in [0.3, 0.4) is 0 Å². The van der Waals surface area contributed by atoms with Crippen LogP contribution in [0, 0.1) is 0 Å². The second-order valence-electron chi connectivity index (χ2n) is 6.43. The second-order valence-corrected chi connectivity index (χ2v) is 6.43. The largest absolute Gasteiger partial charge is 0.495 e. The lowest BCUT2D eigenvalue weighted by molar-refractivity contribution is 0.102. The van der Waals surface area contributed by atoms with Gasteiger partial charge in [0.25, 0.3) is 5.91 Å². The lowest BCUT2D eigenvalue weighted by Crippen LogP contribution is -2.13. The number of anilines is 1. The van der Waals surface area contributed by atoms with Gasteiger partial charge in [-0.3, -0.25) is 4.79 Å². The van der Waals surface area contributed by atoms with Crippen LogP contribution in [0.1, 0.15) is 17.3 Å². The molecule has 1 amide bonds. The normalized spacial score (nSPS) is 10.7. The maximum atomic E-state index is 12.8. The molecule has 4 aromatic rings. The molecule has 0 bridgehead atoms. The molecule has 0 saturated heterocycles. The van der Waals surface area contributed by atoms with Crippen molar-refractivity contribution in [2.75, 3.05) is 19.0 Å². The molecule has 6 heteroatoms. The molecule has 0 unspecified atom stereocenters. The van der Waals surface area contributed by atoms with E-state index >= 15 is 0 Å². The van der Waals surface area contributed by atoms with Crippen LogP contribution in [0.2, 0.25) is 0 Å². The van der Waals surface area contributed by atoms with Gasteiger partial charge in [-0.25, -0.2) is 4.98 Å². The van der Waals surface area contributed by atoms with Gasteiger partial charge < -0.3 is 19.8 Å². The van der Waals surface area contributed by atoms with E-state index in [1.807, 2.05) is 55.5 Å². The minimum Gasteiger partial charge on any atom is -0.495 e. The highest BCUT2D eigenvalue weighted by atomic mass is 16.5. The zero-order valence-electron chi connectivity index (χ0n) is 16.2. The third kappa shape index (κ3) is 3.91. The van der Waals surface area contributed by atoms with Gasteiger partial charge in [0.15, 0.2) is 0 Å². The Kier molecular flexibility index (Phi) is 5.16. The summed E-state index contributed by atoms with van der Waals surface area (Å²) >= 11 is 0. The Morgan fingerprint density at radius 1 is 1.07 bits per heavy atom. The van der Waals surface area contributed by atoms with Crippen molar-refractivity contribution in [3.8, 4) is 22.9 Å².